The molecule has 22 heavy (non-hydrogen) atoms. The Hall–Kier alpha value is -2.69. The van der Waals surface area contributed by atoms with E-state index >= 15 is 0 Å². The number of fused-ring (bicyclic) bond motifs is 1. The molecule has 1 aliphatic rings. The summed E-state index contributed by atoms with van der Waals surface area (Å²) in [7, 11) is 0. The third-order valence-corrected chi connectivity index (χ3v) is 3.88. The lowest BCUT2D eigenvalue weighted by molar-refractivity contribution is -0.384. The summed E-state index contributed by atoms with van der Waals surface area (Å²) >= 11 is 0. The number of amides is 1. The monoisotopic (exact) mass is 296 g/mol. The van der Waals surface area contributed by atoms with Gasteiger partial charge in [-0.1, -0.05) is 17.2 Å². The van der Waals surface area contributed by atoms with E-state index in [-0.39, 0.29) is 11.6 Å². The third kappa shape index (κ3) is 2.45. The highest BCUT2D eigenvalue weighted by Gasteiger charge is 2.27. The van der Waals surface area contributed by atoms with Crippen LogP contribution in [-0.2, 0) is 6.42 Å². The lowest BCUT2D eigenvalue weighted by Gasteiger charge is -2.18. The first-order valence-corrected chi connectivity index (χ1v) is 7.13. The van der Waals surface area contributed by atoms with E-state index in [0.717, 1.165) is 22.4 Å². The minimum Gasteiger partial charge on any atom is -0.308 e. The molecule has 1 aliphatic heterocycles. The van der Waals surface area contributed by atoms with Gasteiger partial charge < -0.3 is 4.90 Å². The molecule has 1 amide bonds. The molecular weight excluding hydrogens is 280 g/mol. The van der Waals surface area contributed by atoms with Crippen molar-refractivity contribution in [2.24, 2.45) is 0 Å². The fraction of sp³-hybridized carbons (Fsp3) is 0.235. The van der Waals surface area contributed by atoms with Crippen molar-refractivity contribution in [3.63, 3.8) is 0 Å². The first kappa shape index (κ1) is 14.3. The molecule has 0 radical (unpaired) electrons. The maximum absolute atomic E-state index is 12.7. The van der Waals surface area contributed by atoms with Gasteiger partial charge in [-0.15, -0.1) is 0 Å². The van der Waals surface area contributed by atoms with Gasteiger partial charge in [-0.2, -0.15) is 0 Å². The van der Waals surface area contributed by atoms with Gasteiger partial charge in [-0.05, 0) is 44.0 Å². The van der Waals surface area contributed by atoms with Gasteiger partial charge >= 0.3 is 0 Å². The van der Waals surface area contributed by atoms with Gasteiger partial charge in [0.25, 0.3) is 11.6 Å². The summed E-state index contributed by atoms with van der Waals surface area (Å²) in [6, 6.07) is 10.5. The van der Waals surface area contributed by atoms with E-state index in [1.807, 2.05) is 32.0 Å². The maximum Gasteiger partial charge on any atom is 0.269 e. The van der Waals surface area contributed by atoms with Gasteiger partial charge in [0, 0.05) is 29.9 Å². The highest BCUT2D eigenvalue weighted by molar-refractivity contribution is 6.07. The molecule has 5 heteroatoms. The van der Waals surface area contributed by atoms with Crippen molar-refractivity contribution in [1.29, 1.82) is 0 Å². The highest BCUT2D eigenvalue weighted by Crippen LogP contribution is 2.32. The van der Waals surface area contributed by atoms with Gasteiger partial charge in [0.15, 0.2) is 0 Å². The summed E-state index contributed by atoms with van der Waals surface area (Å²) in [4.78, 5) is 24.9. The van der Waals surface area contributed by atoms with Crippen LogP contribution < -0.4 is 4.90 Å². The van der Waals surface area contributed by atoms with Crippen LogP contribution in [0.15, 0.2) is 36.4 Å². The Bertz CT molecular complexity index is 763. The molecule has 0 unspecified atom stereocenters. The molecule has 0 spiro atoms. The Morgan fingerprint density at radius 1 is 1.14 bits per heavy atom. The van der Waals surface area contributed by atoms with E-state index in [1.54, 1.807) is 17.0 Å². The summed E-state index contributed by atoms with van der Waals surface area (Å²) in [6.45, 7) is 4.48. The Labute approximate surface area is 128 Å². The maximum atomic E-state index is 12.7. The van der Waals surface area contributed by atoms with Crippen molar-refractivity contribution in [3.8, 4) is 0 Å². The second-order valence-corrected chi connectivity index (χ2v) is 5.65. The zero-order valence-electron chi connectivity index (χ0n) is 12.5. The molecule has 112 valence electrons. The molecule has 0 saturated heterocycles. The first-order chi connectivity index (χ1) is 10.5. The zero-order valence-corrected chi connectivity index (χ0v) is 12.5. The molecule has 0 aromatic heterocycles. The summed E-state index contributed by atoms with van der Waals surface area (Å²) < 4.78 is 0. The molecule has 0 aliphatic carbocycles. The quantitative estimate of drug-likeness (QED) is 0.630. The summed E-state index contributed by atoms with van der Waals surface area (Å²) in [5.41, 5.74) is 4.45. The summed E-state index contributed by atoms with van der Waals surface area (Å²) in [5.74, 6) is -0.0561. The fourth-order valence-electron chi connectivity index (χ4n) is 2.97. The van der Waals surface area contributed by atoms with Crippen molar-refractivity contribution >= 4 is 17.3 Å². The smallest absolute Gasteiger partial charge is 0.269 e. The van der Waals surface area contributed by atoms with Gasteiger partial charge in [0.1, 0.15) is 0 Å². The van der Waals surface area contributed by atoms with Gasteiger partial charge in [0.05, 0.1) is 4.92 Å². The lowest BCUT2D eigenvalue weighted by Crippen LogP contribution is -2.29. The predicted octanol–water partition coefficient (Wildman–Crippen LogP) is 3.41. The number of non-ortho nitro benzene ring substituents is 1. The summed E-state index contributed by atoms with van der Waals surface area (Å²) in [5, 5.41) is 10.8. The molecular formula is C17H16N2O3. The summed E-state index contributed by atoms with van der Waals surface area (Å²) in [6.07, 6.45) is 0.646. The molecule has 5 nitrogen and oxygen atoms in total. The number of nitrogens with zero attached hydrogens (tertiary/aromatic N) is 2. The standard InChI is InChI=1S/C17H16N2O3/c1-11-7-12(2)9-14(8-11)17(20)18-6-5-13-10-15(19(21)22)3-4-16(13)18/h3-4,7-10H,5-6H2,1-2H3. The minimum absolute atomic E-state index is 0.0561. The van der Waals surface area contributed by atoms with Crippen molar-refractivity contribution in [2.75, 3.05) is 11.4 Å². The van der Waals surface area contributed by atoms with E-state index in [1.165, 1.54) is 6.07 Å². The van der Waals surface area contributed by atoms with Crippen molar-refractivity contribution < 1.29 is 9.72 Å². The number of aryl methyl sites for hydroxylation is 2. The van der Waals surface area contributed by atoms with E-state index in [4.69, 9.17) is 0 Å². The molecule has 3 rings (SSSR count). The molecule has 1 heterocycles. The van der Waals surface area contributed by atoms with Gasteiger partial charge in [-0.3, -0.25) is 14.9 Å². The molecule has 0 bridgehead atoms. The number of hydrogen-bond donors (Lipinski definition) is 0. The number of anilines is 1. The average Bonchev–Trinajstić information content (AvgIpc) is 2.88. The Balaban J connectivity index is 1.95. The van der Waals surface area contributed by atoms with Gasteiger partial charge in [0.2, 0.25) is 0 Å². The van der Waals surface area contributed by atoms with Crippen LogP contribution in [0.3, 0.4) is 0 Å². The van der Waals surface area contributed by atoms with Crippen LogP contribution in [0.1, 0.15) is 27.0 Å². The zero-order chi connectivity index (χ0) is 15.9. The molecule has 2 aromatic carbocycles. The third-order valence-electron chi connectivity index (χ3n) is 3.88. The average molecular weight is 296 g/mol. The van der Waals surface area contributed by atoms with E-state index < -0.39 is 4.92 Å². The Kier molecular flexibility index (Phi) is 3.41. The first-order valence-electron chi connectivity index (χ1n) is 7.13. The van der Waals surface area contributed by atoms with Crippen LogP contribution in [0, 0.1) is 24.0 Å². The topological polar surface area (TPSA) is 63.5 Å². The molecule has 0 atom stereocenters. The fourth-order valence-corrected chi connectivity index (χ4v) is 2.97. The highest BCUT2D eigenvalue weighted by atomic mass is 16.6. The number of carbonyl (C=O) groups is 1. The number of rotatable bonds is 2. The number of nitro groups is 1. The van der Waals surface area contributed by atoms with E-state index in [9.17, 15) is 14.9 Å². The van der Waals surface area contributed by atoms with Crippen molar-refractivity contribution in [1.82, 2.24) is 0 Å². The van der Waals surface area contributed by atoms with Crippen molar-refractivity contribution in [3.05, 3.63) is 68.8 Å². The second kappa shape index (κ2) is 5.26. The van der Waals surface area contributed by atoms with Gasteiger partial charge in [-0.25, -0.2) is 0 Å². The van der Waals surface area contributed by atoms with Crippen molar-refractivity contribution in [2.45, 2.75) is 20.3 Å². The SMILES string of the molecule is Cc1cc(C)cc(C(=O)N2CCc3cc([N+](=O)[O-])ccc32)c1. The molecule has 2 aromatic rings. The lowest BCUT2D eigenvalue weighted by atomic mass is 10.1. The number of hydrogen-bond acceptors (Lipinski definition) is 3. The van der Waals surface area contributed by atoms with Crippen LogP contribution in [0.25, 0.3) is 0 Å². The van der Waals surface area contributed by atoms with Crippen LogP contribution in [0.5, 0.6) is 0 Å². The number of nitro benzene ring substituents is 1. The Morgan fingerprint density at radius 3 is 2.45 bits per heavy atom. The predicted molar refractivity (Wildman–Crippen MR) is 84.4 cm³/mol. The van der Waals surface area contributed by atoms with Crippen LogP contribution >= 0.6 is 0 Å². The van der Waals surface area contributed by atoms with Crippen LogP contribution in [-0.4, -0.2) is 17.4 Å². The number of carbonyl (C=O) groups excluding carboxylic acids is 1. The van der Waals surface area contributed by atoms with E-state index in [0.29, 0.717) is 18.5 Å². The Morgan fingerprint density at radius 2 is 1.82 bits per heavy atom. The normalized spacial score (nSPS) is 13.1. The molecule has 0 fully saturated rings. The largest absolute Gasteiger partial charge is 0.308 e. The number of benzene rings is 2. The second-order valence-electron chi connectivity index (χ2n) is 5.65. The van der Waals surface area contributed by atoms with E-state index in [2.05, 4.69) is 0 Å². The van der Waals surface area contributed by atoms with Crippen LogP contribution in [0.4, 0.5) is 11.4 Å². The van der Waals surface area contributed by atoms with Crippen LogP contribution in [0.2, 0.25) is 0 Å². The minimum atomic E-state index is -0.408. The molecule has 0 N–H and O–H groups in total. The molecule has 0 saturated carbocycles.